The fourth-order valence-electron chi connectivity index (χ4n) is 1.85. The third kappa shape index (κ3) is 3.37. The van der Waals surface area contributed by atoms with Crippen LogP contribution in [0.2, 0.25) is 0 Å². The topological polar surface area (TPSA) is 38.7 Å². The Kier molecular flexibility index (Phi) is 3.89. The smallest absolute Gasteiger partial charge is 0.128 e. The van der Waals surface area contributed by atoms with Crippen LogP contribution >= 0.6 is 0 Å². The largest absolute Gasteiger partial charge is 0.497 e. The summed E-state index contributed by atoms with van der Waals surface area (Å²) < 4.78 is 10.9. The Bertz CT molecular complexity index is 370. The van der Waals surface area contributed by atoms with Crippen LogP contribution in [-0.2, 0) is 0 Å². The molecule has 1 N–H and O–H groups in total. The van der Waals surface area contributed by atoms with Crippen LogP contribution in [0.15, 0.2) is 18.2 Å². The summed E-state index contributed by atoms with van der Waals surface area (Å²) in [6, 6.07) is 5.54. The highest BCUT2D eigenvalue weighted by Crippen LogP contribution is 2.34. The molecule has 1 aromatic rings. The zero-order chi connectivity index (χ0) is 12.3. The molecule has 0 bridgehead atoms. The lowest BCUT2D eigenvalue weighted by Crippen LogP contribution is -2.03. The molecule has 3 nitrogen and oxygen atoms in total. The van der Waals surface area contributed by atoms with Crippen LogP contribution in [0, 0.1) is 5.92 Å². The van der Waals surface area contributed by atoms with Crippen molar-refractivity contribution < 1.29 is 14.6 Å². The van der Waals surface area contributed by atoms with Crippen molar-refractivity contribution in [3.05, 3.63) is 23.8 Å². The van der Waals surface area contributed by atoms with Gasteiger partial charge in [0.2, 0.25) is 0 Å². The van der Waals surface area contributed by atoms with Gasteiger partial charge in [-0.05, 0) is 31.4 Å². The van der Waals surface area contributed by atoms with Gasteiger partial charge in [-0.2, -0.15) is 0 Å². The highest BCUT2D eigenvalue weighted by Gasteiger charge is 2.21. The summed E-state index contributed by atoms with van der Waals surface area (Å²) in [5.74, 6) is 2.35. The molecule has 0 unspecified atom stereocenters. The molecule has 17 heavy (non-hydrogen) atoms. The minimum absolute atomic E-state index is 0.517. The summed E-state index contributed by atoms with van der Waals surface area (Å²) in [4.78, 5) is 0. The van der Waals surface area contributed by atoms with Gasteiger partial charge < -0.3 is 14.6 Å². The molecule has 1 saturated carbocycles. The molecule has 0 radical (unpaired) electrons. The Morgan fingerprint density at radius 2 is 2.18 bits per heavy atom. The molecule has 1 aromatic carbocycles. The van der Waals surface area contributed by atoms with Crippen LogP contribution in [0.3, 0.4) is 0 Å². The zero-order valence-electron chi connectivity index (χ0n) is 10.5. The van der Waals surface area contributed by atoms with E-state index in [9.17, 15) is 5.11 Å². The molecule has 1 atom stereocenters. The first-order chi connectivity index (χ1) is 8.20. The van der Waals surface area contributed by atoms with Gasteiger partial charge in [0.1, 0.15) is 11.5 Å². The lowest BCUT2D eigenvalue weighted by molar-refractivity contribution is 0.190. The number of hydrogen-bond acceptors (Lipinski definition) is 3. The average Bonchev–Trinajstić information content (AvgIpc) is 3.12. The highest BCUT2D eigenvalue weighted by atomic mass is 16.5. The first kappa shape index (κ1) is 12.2. The molecular formula is C14H20O3. The number of methoxy groups -OCH3 is 1. The van der Waals surface area contributed by atoms with Crippen molar-refractivity contribution in [3.63, 3.8) is 0 Å². The summed E-state index contributed by atoms with van der Waals surface area (Å²) in [5.41, 5.74) is 0.821. The summed E-state index contributed by atoms with van der Waals surface area (Å²) in [7, 11) is 1.63. The first-order valence-electron chi connectivity index (χ1n) is 6.19. The van der Waals surface area contributed by atoms with E-state index < -0.39 is 6.10 Å². The number of benzene rings is 1. The third-order valence-corrected chi connectivity index (χ3v) is 3.15. The Morgan fingerprint density at radius 3 is 2.76 bits per heavy atom. The Labute approximate surface area is 102 Å². The van der Waals surface area contributed by atoms with Crippen molar-refractivity contribution in [3.8, 4) is 11.5 Å². The molecule has 0 spiro atoms. The molecule has 0 aromatic heterocycles. The van der Waals surface area contributed by atoms with E-state index in [2.05, 4.69) is 0 Å². The fraction of sp³-hybridized carbons (Fsp3) is 0.571. The number of rotatable bonds is 6. The molecule has 3 heteroatoms. The van der Waals surface area contributed by atoms with Gasteiger partial charge in [-0.15, -0.1) is 0 Å². The minimum atomic E-state index is -0.517. The summed E-state index contributed by atoms with van der Waals surface area (Å²) in [6.07, 6.45) is 3.27. The van der Waals surface area contributed by atoms with Crippen molar-refractivity contribution in [1.29, 1.82) is 0 Å². The summed E-state index contributed by atoms with van der Waals surface area (Å²) >= 11 is 0. The van der Waals surface area contributed by atoms with Crippen molar-refractivity contribution in [1.82, 2.24) is 0 Å². The zero-order valence-corrected chi connectivity index (χ0v) is 10.5. The van der Waals surface area contributed by atoms with E-state index in [0.29, 0.717) is 0 Å². The van der Waals surface area contributed by atoms with E-state index in [1.807, 2.05) is 18.2 Å². The molecular weight excluding hydrogens is 216 g/mol. The maximum Gasteiger partial charge on any atom is 0.128 e. The lowest BCUT2D eigenvalue weighted by Gasteiger charge is -2.14. The minimum Gasteiger partial charge on any atom is -0.497 e. The highest BCUT2D eigenvalue weighted by molar-refractivity contribution is 5.41. The van der Waals surface area contributed by atoms with E-state index in [-0.39, 0.29) is 0 Å². The number of ether oxygens (including phenoxy) is 2. The average molecular weight is 236 g/mol. The van der Waals surface area contributed by atoms with Gasteiger partial charge in [-0.25, -0.2) is 0 Å². The molecule has 0 aliphatic heterocycles. The van der Waals surface area contributed by atoms with Crippen LogP contribution < -0.4 is 9.47 Å². The molecule has 0 heterocycles. The Hall–Kier alpha value is -1.22. The summed E-state index contributed by atoms with van der Waals surface area (Å²) in [6.45, 7) is 2.47. The number of aliphatic hydroxyl groups is 1. The van der Waals surface area contributed by atoms with Gasteiger partial charge in [-0.1, -0.05) is 12.8 Å². The van der Waals surface area contributed by atoms with Gasteiger partial charge >= 0.3 is 0 Å². The van der Waals surface area contributed by atoms with Crippen LogP contribution in [0.4, 0.5) is 0 Å². The SMILES string of the molecule is COc1ccc([C@@H](C)O)c(OCCC2CC2)c1. The van der Waals surface area contributed by atoms with E-state index in [1.165, 1.54) is 12.8 Å². The van der Waals surface area contributed by atoms with E-state index in [1.54, 1.807) is 14.0 Å². The second-order valence-electron chi connectivity index (χ2n) is 4.66. The predicted molar refractivity (Wildman–Crippen MR) is 66.5 cm³/mol. The van der Waals surface area contributed by atoms with Crippen LogP contribution in [0.25, 0.3) is 0 Å². The lowest BCUT2D eigenvalue weighted by atomic mass is 10.1. The number of hydrogen-bond donors (Lipinski definition) is 1. The molecule has 2 rings (SSSR count). The maximum absolute atomic E-state index is 9.67. The Morgan fingerprint density at radius 1 is 1.41 bits per heavy atom. The second-order valence-corrected chi connectivity index (χ2v) is 4.66. The van der Waals surface area contributed by atoms with Crippen LogP contribution in [0.1, 0.15) is 37.9 Å². The van der Waals surface area contributed by atoms with Crippen molar-refractivity contribution in [2.45, 2.75) is 32.3 Å². The molecule has 1 aliphatic rings. The van der Waals surface area contributed by atoms with Crippen molar-refractivity contribution in [2.24, 2.45) is 5.92 Å². The number of aliphatic hydroxyl groups excluding tert-OH is 1. The Balaban J connectivity index is 2.03. The van der Waals surface area contributed by atoms with E-state index in [0.717, 1.165) is 36.0 Å². The van der Waals surface area contributed by atoms with Gasteiger partial charge in [-0.3, -0.25) is 0 Å². The van der Waals surface area contributed by atoms with Gasteiger partial charge in [0.15, 0.2) is 0 Å². The molecule has 0 saturated heterocycles. The summed E-state index contributed by atoms with van der Waals surface area (Å²) in [5, 5.41) is 9.67. The molecule has 0 amide bonds. The standard InChI is InChI=1S/C14H20O3/c1-10(15)13-6-5-12(16-2)9-14(13)17-8-7-11-3-4-11/h5-6,9-11,15H,3-4,7-8H2,1-2H3/t10-/m1/s1. The van der Waals surface area contributed by atoms with Crippen LogP contribution in [-0.4, -0.2) is 18.8 Å². The van der Waals surface area contributed by atoms with Gasteiger partial charge in [0.05, 0.1) is 19.8 Å². The molecule has 1 aliphatic carbocycles. The predicted octanol–water partition coefficient (Wildman–Crippen LogP) is 2.93. The second kappa shape index (κ2) is 5.41. The molecule has 1 fully saturated rings. The normalized spacial score (nSPS) is 16.6. The molecule has 94 valence electrons. The quantitative estimate of drug-likeness (QED) is 0.825. The van der Waals surface area contributed by atoms with E-state index in [4.69, 9.17) is 9.47 Å². The van der Waals surface area contributed by atoms with E-state index >= 15 is 0 Å². The fourth-order valence-corrected chi connectivity index (χ4v) is 1.85. The third-order valence-electron chi connectivity index (χ3n) is 3.15. The first-order valence-corrected chi connectivity index (χ1v) is 6.19. The maximum atomic E-state index is 9.67. The van der Waals surface area contributed by atoms with Gasteiger partial charge in [0.25, 0.3) is 0 Å². The van der Waals surface area contributed by atoms with Crippen molar-refractivity contribution >= 4 is 0 Å². The van der Waals surface area contributed by atoms with Crippen LogP contribution in [0.5, 0.6) is 11.5 Å². The monoisotopic (exact) mass is 236 g/mol. The van der Waals surface area contributed by atoms with Gasteiger partial charge in [0, 0.05) is 11.6 Å². The van der Waals surface area contributed by atoms with Crippen molar-refractivity contribution in [2.75, 3.05) is 13.7 Å².